The molecule has 0 rings (SSSR count). The molecular formula is C56H105NO3. The number of nitrogens with one attached hydrogen (secondary N) is 1. The number of rotatable bonds is 49. The van der Waals surface area contributed by atoms with Crippen LogP contribution in [0.1, 0.15) is 284 Å². The summed E-state index contributed by atoms with van der Waals surface area (Å²) < 4.78 is 0. The van der Waals surface area contributed by atoms with Crippen molar-refractivity contribution in [2.45, 2.75) is 296 Å². The van der Waals surface area contributed by atoms with Crippen LogP contribution in [0.5, 0.6) is 0 Å². The van der Waals surface area contributed by atoms with Gasteiger partial charge in [0.25, 0.3) is 0 Å². The minimum absolute atomic E-state index is 0.0760. The average molecular weight is 840 g/mol. The van der Waals surface area contributed by atoms with E-state index in [9.17, 15) is 15.0 Å². The molecule has 0 fully saturated rings. The zero-order chi connectivity index (χ0) is 43.5. The van der Waals surface area contributed by atoms with Crippen molar-refractivity contribution in [3.05, 3.63) is 48.6 Å². The smallest absolute Gasteiger partial charge is 0.220 e. The lowest BCUT2D eigenvalue weighted by atomic mass is 10.0. The number of hydrogen-bond donors (Lipinski definition) is 3. The number of unbranched alkanes of at least 4 members (excludes halogenated alkanes) is 36. The lowest BCUT2D eigenvalue weighted by molar-refractivity contribution is -0.123. The summed E-state index contributed by atoms with van der Waals surface area (Å²) in [6, 6.07) is -0.643. The summed E-state index contributed by atoms with van der Waals surface area (Å²) in [5.74, 6) is -0.0760. The van der Waals surface area contributed by atoms with Crippen LogP contribution in [0.15, 0.2) is 48.6 Å². The summed E-state index contributed by atoms with van der Waals surface area (Å²) >= 11 is 0. The van der Waals surface area contributed by atoms with Crippen LogP contribution in [-0.4, -0.2) is 34.9 Å². The first-order valence-electron chi connectivity index (χ1n) is 26.9. The molecule has 352 valence electrons. The molecule has 0 aromatic carbocycles. The largest absolute Gasteiger partial charge is 0.394 e. The van der Waals surface area contributed by atoms with Crippen molar-refractivity contribution < 1.29 is 15.0 Å². The molecule has 2 unspecified atom stereocenters. The van der Waals surface area contributed by atoms with Gasteiger partial charge >= 0.3 is 0 Å². The van der Waals surface area contributed by atoms with Gasteiger partial charge in [-0.3, -0.25) is 4.79 Å². The fraction of sp³-hybridized carbons (Fsp3) is 0.839. The predicted molar refractivity (Wildman–Crippen MR) is 267 cm³/mol. The van der Waals surface area contributed by atoms with E-state index in [2.05, 4.69) is 55.6 Å². The Balaban J connectivity index is 3.56. The summed E-state index contributed by atoms with van der Waals surface area (Å²) in [5, 5.41) is 23.1. The van der Waals surface area contributed by atoms with E-state index in [1.165, 1.54) is 225 Å². The molecule has 0 saturated heterocycles. The molecule has 0 radical (unpaired) electrons. The van der Waals surface area contributed by atoms with E-state index < -0.39 is 12.1 Å². The van der Waals surface area contributed by atoms with Crippen molar-refractivity contribution in [2.24, 2.45) is 0 Å². The van der Waals surface area contributed by atoms with Crippen LogP contribution in [0.4, 0.5) is 0 Å². The minimum atomic E-state index is -0.866. The Bertz CT molecular complexity index is 954. The highest BCUT2D eigenvalue weighted by Crippen LogP contribution is 2.16. The molecule has 4 nitrogen and oxygen atoms in total. The molecule has 0 aliphatic rings. The molecule has 60 heavy (non-hydrogen) atoms. The van der Waals surface area contributed by atoms with E-state index in [1.54, 1.807) is 6.08 Å². The van der Waals surface area contributed by atoms with Gasteiger partial charge in [-0.15, -0.1) is 0 Å². The monoisotopic (exact) mass is 840 g/mol. The van der Waals surface area contributed by atoms with Crippen molar-refractivity contribution in [1.29, 1.82) is 0 Å². The topological polar surface area (TPSA) is 69.6 Å². The molecular weight excluding hydrogens is 735 g/mol. The van der Waals surface area contributed by atoms with Crippen LogP contribution in [0, 0.1) is 0 Å². The van der Waals surface area contributed by atoms with Crippen LogP contribution in [0.3, 0.4) is 0 Å². The third-order valence-corrected chi connectivity index (χ3v) is 12.3. The molecule has 2 atom stereocenters. The second-order valence-corrected chi connectivity index (χ2v) is 18.3. The van der Waals surface area contributed by atoms with Gasteiger partial charge in [0.1, 0.15) is 0 Å². The molecule has 0 aliphatic carbocycles. The number of carbonyl (C=O) groups is 1. The number of aliphatic hydroxyl groups is 2. The van der Waals surface area contributed by atoms with Gasteiger partial charge in [-0.2, -0.15) is 0 Å². The maximum Gasteiger partial charge on any atom is 0.220 e. The van der Waals surface area contributed by atoms with Crippen LogP contribution < -0.4 is 5.32 Å². The van der Waals surface area contributed by atoms with Gasteiger partial charge in [-0.1, -0.05) is 262 Å². The Kier molecular flexibility index (Phi) is 50.3. The highest BCUT2D eigenvalue weighted by molar-refractivity contribution is 5.76. The lowest BCUT2D eigenvalue weighted by Gasteiger charge is -2.19. The number of amides is 1. The molecule has 0 bridgehead atoms. The van der Waals surface area contributed by atoms with Gasteiger partial charge < -0.3 is 15.5 Å². The van der Waals surface area contributed by atoms with Gasteiger partial charge in [0.05, 0.1) is 18.8 Å². The van der Waals surface area contributed by atoms with Gasteiger partial charge in [0, 0.05) is 6.42 Å². The molecule has 0 saturated carbocycles. The summed E-state index contributed by atoms with van der Waals surface area (Å²) in [4.78, 5) is 12.4. The molecule has 3 N–H and O–H groups in total. The second kappa shape index (κ2) is 51.7. The fourth-order valence-corrected chi connectivity index (χ4v) is 8.17. The Morgan fingerprint density at radius 1 is 0.400 bits per heavy atom. The van der Waals surface area contributed by atoms with E-state index in [0.717, 1.165) is 38.5 Å². The maximum atomic E-state index is 12.4. The SMILES string of the molecule is CCCCCCCCCCC/C=C\C/C=C\CCCCCCCCCCCC(=O)NC(CO)C(O)/C=C/CC/C=C/CCCCCCCCCCCCCCCCCCC. The summed E-state index contributed by atoms with van der Waals surface area (Å²) in [7, 11) is 0. The first-order chi connectivity index (χ1) is 29.7. The Labute approximate surface area is 375 Å². The van der Waals surface area contributed by atoms with Crippen molar-refractivity contribution in [3.8, 4) is 0 Å². The summed E-state index contributed by atoms with van der Waals surface area (Å²) in [6.07, 6.45) is 71.2. The zero-order valence-corrected chi connectivity index (χ0v) is 40.5. The van der Waals surface area contributed by atoms with Gasteiger partial charge in [0.15, 0.2) is 0 Å². The number of aliphatic hydroxyl groups excluding tert-OH is 2. The van der Waals surface area contributed by atoms with E-state index >= 15 is 0 Å². The highest BCUT2D eigenvalue weighted by atomic mass is 16.3. The standard InChI is InChI=1S/C56H105NO3/c1-3-5-7-9-11-13-15-17-19-21-23-25-27-28-30-32-34-36-38-40-42-44-46-48-50-52-56(60)57-54(53-58)55(59)51-49-47-45-43-41-39-37-35-33-31-29-26-24-22-20-18-16-14-12-10-8-6-4-2/h23,25,28,30,41,43,49,51,54-55,58-59H,3-22,24,26-27,29,31-40,42,44-48,50,52-53H2,1-2H3,(H,57,60)/b25-23-,30-28-,43-41+,51-49+. The number of hydrogen-bond acceptors (Lipinski definition) is 3. The molecule has 0 aliphatic heterocycles. The fourth-order valence-electron chi connectivity index (χ4n) is 8.17. The van der Waals surface area contributed by atoms with Crippen molar-refractivity contribution in [3.63, 3.8) is 0 Å². The van der Waals surface area contributed by atoms with Gasteiger partial charge in [-0.05, 0) is 64.2 Å². The summed E-state index contributed by atoms with van der Waals surface area (Å²) in [5.41, 5.74) is 0. The van der Waals surface area contributed by atoms with E-state index in [0.29, 0.717) is 6.42 Å². The van der Waals surface area contributed by atoms with Gasteiger partial charge in [-0.25, -0.2) is 0 Å². The Morgan fingerprint density at radius 3 is 1.07 bits per heavy atom. The lowest BCUT2D eigenvalue weighted by Crippen LogP contribution is -2.45. The van der Waals surface area contributed by atoms with E-state index in [4.69, 9.17) is 0 Å². The van der Waals surface area contributed by atoms with Crippen molar-refractivity contribution in [2.75, 3.05) is 6.61 Å². The van der Waals surface area contributed by atoms with Crippen LogP contribution >= 0.6 is 0 Å². The van der Waals surface area contributed by atoms with Crippen molar-refractivity contribution >= 4 is 5.91 Å². The molecule has 1 amide bonds. The maximum absolute atomic E-state index is 12.4. The normalized spacial score (nSPS) is 13.2. The first-order valence-corrected chi connectivity index (χ1v) is 26.9. The average Bonchev–Trinajstić information content (AvgIpc) is 3.25. The van der Waals surface area contributed by atoms with E-state index in [-0.39, 0.29) is 12.5 Å². The zero-order valence-electron chi connectivity index (χ0n) is 40.5. The molecule has 0 spiro atoms. The third kappa shape index (κ3) is 47.4. The molecule has 0 heterocycles. The Morgan fingerprint density at radius 2 is 0.700 bits per heavy atom. The number of allylic oxidation sites excluding steroid dienone is 7. The second-order valence-electron chi connectivity index (χ2n) is 18.3. The predicted octanol–water partition coefficient (Wildman–Crippen LogP) is 17.5. The quantitative estimate of drug-likeness (QED) is 0.0422. The first kappa shape index (κ1) is 58.4. The van der Waals surface area contributed by atoms with Crippen LogP contribution in [0.25, 0.3) is 0 Å². The van der Waals surface area contributed by atoms with Crippen LogP contribution in [0.2, 0.25) is 0 Å². The van der Waals surface area contributed by atoms with Crippen LogP contribution in [-0.2, 0) is 4.79 Å². The molecule has 0 aromatic heterocycles. The number of carbonyl (C=O) groups excluding carboxylic acids is 1. The summed E-state index contributed by atoms with van der Waals surface area (Å²) in [6.45, 7) is 4.32. The van der Waals surface area contributed by atoms with Crippen molar-refractivity contribution in [1.82, 2.24) is 5.32 Å². The van der Waals surface area contributed by atoms with Gasteiger partial charge in [0.2, 0.25) is 5.91 Å². The Hall–Kier alpha value is -1.65. The molecule has 4 heteroatoms. The molecule has 0 aromatic rings. The third-order valence-electron chi connectivity index (χ3n) is 12.3. The minimum Gasteiger partial charge on any atom is -0.394 e. The highest BCUT2D eigenvalue weighted by Gasteiger charge is 2.17. The van der Waals surface area contributed by atoms with E-state index in [1.807, 2.05) is 6.08 Å².